The second-order valence-corrected chi connectivity index (χ2v) is 3.04. The Morgan fingerprint density at radius 3 is 2.69 bits per heavy atom. The van der Waals surface area contributed by atoms with Gasteiger partial charge in [-0.25, -0.2) is 0 Å². The normalized spacial score (nSPS) is 10.0. The van der Waals surface area contributed by atoms with E-state index >= 15 is 0 Å². The van der Waals surface area contributed by atoms with Crippen LogP contribution in [0.1, 0.15) is 12.0 Å². The topological polar surface area (TPSA) is 43.1 Å². The van der Waals surface area contributed by atoms with Crippen LogP contribution >= 0.6 is 11.6 Å². The Balaban J connectivity index is 2.98. The summed E-state index contributed by atoms with van der Waals surface area (Å²) in [5.74, 6) is 0. The summed E-state index contributed by atoms with van der Waals surface area (Å²) in [7, 11) is 0. The first-order valence-corrected chi connectivity index (χ1v) is 4.25. The van der Waals surface area contributed by atoms with E-state index in [1.807, 2.05) is 0 Å². The fourth-order valence-corrected chi connectivity index (χ4v) is 1.31. The molecule has 4 heteroatoms. The quantitative estimate of drug-likeness (QED) is 0.554. The van der Waals surface area contributed by atoms with Crippen LogP contribution in [0.2, 0.25) is 5.02 Å². The number of rotatable bonds is 3. The predicted molar refractivity (Wildman–Crippen MR) is 51.8 cm³/mol. The van der Waals surface area contributed by atoms with Crippen LogP contribution in [0, 0.1) is 17.0 Å². The number of hydrogen-bond acceptors (Lipinski definition) is 2. The first-order valence-electron chi connectivity index (χ1n) is 3.87. The number of halogens is 1. The maximum atomic E-state index is 10.4. The van der Waals surface area contributed by atoms with Crippen molar-refractivity contribution in [1.82, 2.24) is 0 Å². The molecule has 0 unspecified atom stereocenters. The Bertz CT molecular complexity index is 325. The molecular weight excluding hydrogens is 190 g/mol. The van der Waals surface area contributed by atoms with E-state index in [-0.39, 0.29) is 5.69 Å². The highest BCUT2D eigenvalue weighted by molar-refractivity contribution is 6.31. The molecule has 0 aliphatic carbocycles. The van der Waals surface area contributed by atoms with Crippen LogP contribution in [0.3, 0.4) is 0 Å². The number of non-ortho nitro benzene ring substituents is 1. The minimum absolute atomic E-state index is 0.0258. The van der Waals surface area contributed by atoms with Gasteiger partial charge < -0.3 is 0 Å². The monoisotopic (exact) mass is 198 g/mol. The molecule has 0 aromatic heterocycles. The Hall–Kier alpha value is -1.09. The van der Waals surface area contributed by atoms with Crippen LogP contribution in [-0.2, 0) is 6.42 Å². The zero-order chi connectivity index (χ0) is 9.84. The third-order valence-electron chi connectivity index (χ3n) is 1.69. The second-order valence-electron chi connectivity index (χ2n) is 2.64. The number of nitro benzene ring substituents is 1. The first kappa shape index (κ1) is 9.99. The van der Waals surface area contributed by atoms with Crippen molar-refractivity contribution >= 4 is 17.3 Å². The van der Waals surface area contributed by atoms with Gasteiger partial charge in [0.1, 0.15) is 0 Å². The van der Waals surface area contributed by atoms with E-state index in [1.54, 1.807) is 6.07 Å². The summed E-state index contributed by atoms with van der Waals surface area (Å²) in [6.45, 7) is 3.69. The predicted octanol–water partition coefficient (Wildman–Crippen LogP) is 3.01. The van der Waals surface area contributed by atoms with Gasteiger partial charge in [0.05, 0.1) is 9.95 Å². The lowest BCUT2D eigenvalue weighted by molar-refractivity contribution is -0.384. The van der Waals surface area contributed by atoms with Gasteiger partial charge in [-0.15, -0.1) is 0 Å². The number of aryl methyl sites for hydroxylation is 1. The third-order valence-corrected chi connectivity index (χ3v) is 2.05. The molecular formula is C9H9ClNO2. The minimum atomic E-state index is -0.458. The van der Waals surface area contributed by atoms with Crippen LogP contribution in [0.15, 0.2) is 18.2 Å². The highest BCUT2D eigenvalue weighted by Gasteiger charge is 2.08. The van der Waals surface area contributed by atoms with Gasteiger partial charge in [0, 0.05) is 12.1 Å². The summed E-state index contributed by atoms with van der Waals surface area (Å²) in [4.78, 5) is 9.90. The van der Waals surface area contributed by atoms with Crippen molar-refractivity contribution in [2.75, 3.05) is 0 Å². The number of nitro groups is 1. The van der Waals surface area contributed by atoms with E-state index in [4.69, 9.17) is 11.6 Å². The van der Waals surface area contributed by atoms with Gasteiger partial charge in [0.2, 0.25) is 0 Å². The molecule has 69 valence electrons. The van der Waals surface area contributed by atoms with E-state index < -0.39 is 4.92 Å². The Labute approximate surface area is 81.5 Å². The molecule has 1 radical (unpaired) electrons. The fraction of sp³-hybridized carbons (Fsp3) is 0.222. The van der Waals surface area contributed by atoms with Crippen molar-refractivity contribution in [1.29, 1.82) is 0 Å². The molecule has 0 aliphatic heterocycles. The van der Waals surface area contributed by atoms with Gasteiger partial charge in [0.25, 0.3) is 5.69 Å². The van der Waals surface area contributed by atoms with Crippen LogP contribution < -0.4 is 0 Å². The van der Waals surface area contributed by atoms with Gasteiger partial charge in [-0.2, -0.15) is 0 Å². The van der Waals surface area contributed by atoms with Gasteiger partial charge >= 0.3 is 0 Å². The second kappa shape index (κ2) is 4.23. The molecule has 0 atom stereocenters. The molecule has 0 amide bonds. The molecule has 13 heavy (non-hydrogen) atoms. The van der Waals surface area contributed by atoms with Crippen LogP contribution in [0.5, 0.6) is 0 Å². The molecule has 3 nitrogen and oxygen atoms in total. The third kappa shape index (κ3) is 2.42. The highest BCUT2D eigenvalue weighted by Crippen LogP contribution is 2.23. The molecule has 1 aromatic carbocycles. The summed E-state index contributed by atoms with van der Waals surface area (Å²) in [5.41, 5.74) is 0.931. The standard InChI is InChI=1S/C9H9ClNO2/c1-2-3-7-4-5-8(11(12)13)6-9(7)10/h4-6H,1-3H2. The van der Waals surface area contributed by atoms with Crippen molar-refractivity contribution in [2.24, 2.45) is 0 Å². The van der Waals surface area contributed by atoms with Crippen LogP contribution in [0.4, 0.5) is 5.69 Å². The van der Waals surface area contributed by atoms with E-state index in [0.29, 0.717) is 5.02 Å². The van der Waals surface area contributed by atoms with E-state index in [9.17, 15) is 10.1 Å². The zero-order valence-electron chi connectivity index (χ0n) is 7.00. The Morgan fingerprint density at radius 2 is 2.23 bits per heavy atom. The Kier molecular flexibility index (Phi) is 3.25. The summed E-state index contributed by atoms with van der Waals surface area (Å²) in [6.07, 6.45) is 1.48. The van der Waals surface area contributed by atoms with E-state index in [1.165, 1.54) is 12.1 Å². The average molecular weight is 199 g/mol. The molecule has 0 saturated heterocycles. The molecule has 0 heterocycles. The van der Waals surface area contributed by atoms with E-state index in [2.05, 4.69) is 6.92 Å². The van der Waals surface area contributed by atoms with E-state index in [0.717, 1.165) is 18.4 Å². The lowest BCUT2D eigenvalue weighted by atomic mass is 10.1. The SMILES string of the molecule is [CH2]CCc1ccc([N+](=O)[O-])cc1Cl. The molecule has 0 bridgehead atoms. The van der Waals surface area contributed by atoms with Gasteiger partial charge in [-0.3, -0.25) is 10.1 Å². The minimum Gasteiger partial charge on any atom is -0.258 e. The van der Waals surface area contributed by atoms with Crippen LogP contribution in [-0.4, -0.2) is 4.92 Å². The fourth-order valence-electron chi connectivity index (χ4n) is 1.04. The van der Waals surface area contributed by atoms with Gasteiger partial charge in [-0.05, 0) is 18.4 Å². The molecule has 0 aliphatic rings. The number of benzene rings is 1. The Morgan fingerprint density at radius 1 is 1.54 bits per heavy atom. The van der Waals surface area contributed by atoms with Gasteiger partial charge in [0.15, 0.2) is 0 Å². The van der Waals surface area contributed by atoms with Crippen molar-refractivity contribution in [3.8, 4) is 0 Å². The lowest BCUT2D eigenvalue weighted by Crippen LogP contribution is -1.90. The largest absolute Gasteiger partial charge is 0.270 e. The molecule has 1 aromatic rings. The average Bonchev–Trinajstić information content (AvgIpc) is 2.08. The lowest BCUT2D eigenvalue weighted by Gasteiger charge is -2.00. The smallest absolute Gasteiger partial charge is 0.258 e. The highest BCUT2D eigenvalue weighted by atomic mass is 35.5. The molecule has 1 rings (SSSR count). The molecule has 0 fully saturated rings. The summed E-state index contributed by atoms with van der Waals surface area (Å²) >= 11 is 5.82. The van der Waals surface area contributed by atoms with Crippen molar-refractivity contribution in [3.05, 3.63) is 45.8 Å². The number of hydrogen-bond donors (Lipinski definition) is 0. The summed E-state index contributed by atoms with van der Waals surface area (Å²) in [5, 5.41) is 10.8. The summed E-state index contributed by atoms with van der Waals surface area (Å²) in [6, 6.07) is 4.50. The maximum Gasteiger partial charge on any atom is 0.270 e. The molecule has 0 N–H and O–H groups in total. The van der Waals surface area contributed by atoms with Crippen molar-refractivity contribution in [2.45, 2.75) is 12.8 Å². The first-order chi connectivity index (χ1) is 6.15. The summed E-state index contributed by atoms with van der Waals surface area (Å²) < 4.78 is 0. The van der Waals surface area contributed by atoms with Gasteiger partial charge in [-0.1, -0.05) is 24.6 Å². The van der Waals surface area contributed by atoms with Crippen molar-refractivity contribution in [3.63, 3.8) is 0 Å². The molecule has 0 saturated carbocycles. The molecule has 0 spiro atoms. The number of nitrogens with zero attached hydrogens (tertiary/aromatic N) is 1. The van der Waals surface area contributed by atoms with Crippen LogP contribution in [0.25, 0.3) is 0 Å². The maximum absolute atomic E-state index is 10.4. The zero-order valence-corrected chi connectivity index (χ0v) is 7.75. The van der Waals surface area contributed by atoms with Crippen molar-refractivity contribution < 1.29 is 4.92 Å².